The molecule has 0 saturated heterocycles. The molecule has 0 spiro atoms. The van der Waals surface area contributed by atoms with Crippen LogP contribution in [0.4, 0.5) is 0 Å². The number of H-pyrrole nitrogens is 1. The number of aromatic nitrogens is 1. The number of ether oxygens (including phenoxy) is 1. The molecule has 0 fully saturated rings. The zero-order valence-electron chi connectivity index (χ0n) is 15.2. The van der Waals surface area contributed by atoms with Gasteiger partial charge in [-0.2, -0.15) is 0 Å². The third kappa shape index (κ3) is 2.78. The zero-order valence-corrected chi connectivity index (χ0v) is 15.2. The summed E-state index contributed by atoms with van der Waals surface area (Å²) >= 11 is 0. The van der Waals surface area contributed by atoms with E-state index in [1.165, 1.54) is 27.6 Å². The van der Waals surface area contributed by atoms with Crippen LogP contribution in [-0.2, 0) is 16.0 Å². The highest BCUT2D eigenvalue weighted by Gasteiger charge is 2.33. The van der Waals surface area contributed by atoms with Gasteiger partial charge in [0.05, 0.1) is 12.5 Å². The summed E-state index contributed by atoms with van der Waals surface area (Å²) in [7, 11) is 2.18. The molecule has 2 heterocycles. The number of hydrogen-bond acceptors (Lipinski definition) is 3. The number of esters is 1. The fraction of sp³-hybridized carbons (Fsp3) is 0.476. The van der Waals surface area contributed by atoms with Crippen LogP contribution in [0.5, 0.6) is 0 Å². The second kappa shape index (κ2) is 6.34. The van der Waals surface area contributed by atoms with Gasteiger partial charge in [0, 0.05) is 35.6 Å². The fourth-order valence-corrected chi connectivity index (χ4v) is 4.15. The van der Waals surface area contributed by atoms with Crippen LogP contribution in [0.3, 0.4) is 0 Å². The average Bonchev–Trinajstić information content (AvgIpc) is 3.04. The van der Waals surface area contributed by atoms with Crippen LogP contribution in [-0.4, -0.2) is 42.1 Å². The van der Waals surface area contributed by atoms with Crippen LogP contribution < -0.4 is 0 Å². The molecule has 0 amide bonds. The standard InChI is InChI=1S/C21H26N2O2/c1-4-13(2)21(24)25-12-14-8-17-16-6-5-7-18-20(16)15(10-22-18)9-19(17)23(3)11-14/h5-8,10,13-14,19,22H,4,9,11-12H2,1-3H3/t13-,14+,19+/m0/s1. The van der Waals surface area contributed by atoms with E-state index in [1.54, 1.807) is 0 Å². The Kier molecular flexibility index (Phi) is 4.16. The summed E-state index contributed by atoms with van der Waals surface area (Å²) in [5.41, 5.74) is 5.33. The minimum Gasteiger partial charge on any atom is -0.465 e. The first-order valence-electron chi connectivity index (χ1n) is 9.26. The smallest absolute Gasteiger partial charge is 0.308 e. The van der Waals surface area contributed by atoms with Crippen molar-refractivity contribution in [2.24, 2.45) is 11.8 Å². The summed E-state index contributed by atoms with van der Waals surface area (Å²) in [4.78, 5) is 17.8. The van der Waals surface area contributed by atoms with Crippen molar-refractivity contribution >= 4 is 22.4 Å². The molecule has 4 heteroatoms. The van der Waals surface area contributed by atoms with E-state index in [2.05, 4.69) is 47.4 Å². The number of nitrogens with zero attached hydrogens (tertiary/aromatic N) is 1. The van der Waals surface area contributed by atoms with Crippen molar-refractivity contribution in [2.75, 3.05) is 20.2 Å². The quantitative estimate of drug-likeness (QED) is 0.866. The first-order valence-corrected chi connectivity index (χ1v) is 9.26. The molecule has 132 valence electrons. The van der Waals surface area contributed by atoms with Crippen LogP contribution in [0.25, 0.3) is 16.5 Å². The molecular weight excluding hydrogens is 312 g/mol. The molecule has 2 aliphatic rings. The number of likely N-dealkylation sites (N-methyl/N-ethyl adjacent to an activating group) is 1. The van der Waals surface area contributed by atoms with E-state index >= 15 is 0 Å². The zero-order chi connectivity index (χ0) is 17.6. The number of aromatic amines is 1. The van der Waals surface area contributed by atoms with Gasteiger partial charge in [0.15, 0.2) is 0 Å². The Morgan fingerprint density at radius 3 is 3.08 bits per heavy atom. The molecular formula is C21H26N2O2. The molecule has 1 N–H and O–H groups in total. The number of hydrogen-bond donors (Lipinski definition) is 1. The third-order valence-corrected chi connectivity index (χ3v) is 5.79. The highest BCUT2D eigenvalue weighted by Crippen LogP contribution is 2.40. The average molecular weight is 338 g/mol. The maximum Gasteiger partial charge on any atom is 0.308 e. The minimum absolute atomic E-state index is 0.0208. The van der Waals surface area contributed by atoms with Crippen LogP contribution >= 0.6 is 0 Å². The van der Waals surface area contributed by atoms with Gasteiger partial charge in [0.25, 0.3) is 0 Å². The fourth-order valence-electron chi connectivity index (χ4n) is 4.15. The SMILES string of the molecule is CC[C@H](C)C(=O)OC[C@@H]1C=C2c3cccc4[nH]cc(c34)C[C@H]2N(C)C1. The normalized spacial score (nSPS) is 23.9. The Hall–Kier alpha value is -2.07. The topological polar surface area (TPSA) is 45.3 Å². The largest absolute Gasteiger partial charge is 0.465 e. The molecule has 1 aromatic heterocycles. The molecule has 4 rings (SSSR count). The monoisotopic (exact) mass is 338 g/mol. The predicted octanol–water partition coefficient (Wildman–Crippen LogP) is 3.63. The Bertz CT molecular complexity index is 836. The molecule has 0 saturated carbocycles. The van der Waals surface area contributed by atoms with E-state index < -0.39 is 0 Å². The summed E-state index contributed by atoms with van der Waals surface area (Å²) in [5.74, 6) is 0.150. The van der Waals surface area contributed by atoms with Gasteiger partial charge in [-0.05, 0) is 42.7 Å². The number of rotatable bonds is 4. The van der Waals surface area contributed by atoms with Crippen LogP contribution in [0.15, 0.2) is 30.5 Å². The van der Waals surface area contributed by atoms with Crippen molar-refractivity contribution in [3.63, 3.8) is 0 Å². The summed E-state index contributed by atoms with van der Waals surface area (Å²) in [6, 6.07) is 6.89. The Balaban J connectivity index is 1.62. The number of benzene rings is 1. The summed E-state index contributed by atoms with van der Waals surface area (Å²) in [6.45, 7) is 5.35. The van der Waals surface area contributed by atoms with Crippen molar-refractivity contribution in [3.8, 4) is 0 Å². The second-order valence-corrected chi connectivity index (χ2v) is 7.52. The van der Waals surface area contributed by atoms with E-state index in [1.807, 2.05) is 13.8 Å². The Morgan fingerprint density at radius 1 is 1.44 bits per heavy atom. The van der Waals surface area contributed by atoms with E-state index in [0.717, 1.165) is 19.4 Å². The lowest BCUT2D eigenvalue weighted by Gasteiger charge is -2.39. The molecule has 25 heavy (non-hydrogen) atoms. The summed E-state index contributed by atoms with van der Waals surface area (Å²) in [5, 5.41) is 1.36. The van der Waals surface area contributed by atoms with Crippen molar-refractivity contribution in [1.82, 2.24) is 9.88 Å². The van der Waals surface area contributed by atoms with Crippen LogP contribution in [0.2, 0.25) is 0 Å². The van der Waals surface area contributed by atoms with Crippen LogP contribution in [0, 0.1) is 11.8 Å². The van der Waals surface area contributed by atoms with Crippen molar-refractivity contribution < 1.29 is 9.53 Å². The van der Waals surface area contributed by atoms with Gasteiger partial charge in [-0.1, -0.05) is 32.1 Å². The van der Waals surface area contributed by atoms with Crippen LogP contribution in [0.1, 0.15) is 31.4 Å². The number of carbonyl (C=O) groups is 1. The summed E-state index contributed by atoms with van der Waals surface area (Å²) in [6.07, 6.45) is 6.36. The number of fused-ring (bicyclic) bond motifs is 2. The molecule has 0 bridgehead atoms. The van der Waals surface area contributed by atoms with Gasteiger partial charge in [-0.3, -0.25) is 9.69 Å². The van der Waals surface area contributed by atoms with Gasteiger partial charge in [0.1, 0.15) is 0 Å². The minimum atomic E-state index is -0.0793. The van der Waals surface area contributed by atoms with Crippen molar-refractivity contribution in [3.05, 3.63) is 41.6 Å². The van der Waals surface area contributed by atoms with E-state index in [4.69, 9.17) is 4.74 Å². The Morgan fingerprint density at radius 2 is 2.28 bits per heavy atom. The van der Waals surface area contributed by atoms with E-state index in [-0.39, 0.29) is 17.8 Å². The summed E-state index contributed by atoms with van der Waals surface area (Å²) < 4.78 is 5.57. The predicted molar refractivity (Wildman–Crippen MR) is 100 cm³/mol. The highest BCUT2D eigenvalue weighted by atomic mass is 16.5. The second-order valence-electron chi connectivity index (χ2n) is 7.52. The molecule has 0 radical (unpaired) electrons. The molecule has 1 aromatic carbocycles. The molecule has 3 atom stereocenters. The van der Waals surface area contributed by atoms with E-state index in [0.29, 0.717) is 12.6 Å². The highest BCUT2D eigenvalue weighted by molar-refractivity contribution is 5.98. The van der Waals surface area contributed by atoms with Gasteiger partial charge in [-0.25, -0.2) is 0 Å². The molecule has 1 aliphatic heterocycles. The van der Waals surface area contributed by atoms with Crippen molar-refractivity contribution in [1.29, 1.82) is 0 Å². The van der Waals surface area contributed by atoms with E-state index in [9.17, 15) is 4.79 Å². The maximum atomic E-state index is 12.0. The lowest BCUT2D eigenvalue weighted by Crippen LogP contribution is -2.43. The maximum absolute atomic E-state index is 12.0. The lowest BCUT2D eigenvalue weighted by molar-refractivity contribution is -0.149. The van der Waals surface area contributed by atoms with Gasteiger partial charge in [0.2, 0.25) is 0 Å². The first kappa shape index (κ1) is 16.4. The number of carbonyl (C=O) groups excluding carboxylic acids is 1. The number of nitrogens with one attached hydrogen (secondary N) is 1. The van der Waals surface area contributed by atoms with Crippen molar-refractivity contribution in [2.45, 2.75) is 32.7 Å². The van der Waals surface area contributed by atoms with Gasteiger partial charge >= 0.3 is 5.97 Å². The molecule has 1 aliphatic carbocycles. The lowest BCUT2D eigenvalue weighted by atomic mass is 9.80. The molecule has 0 unspecified atom stereocenters. The molecule has 2 aromatic rings. The molecule has 4 nitrogen and oxygen atoms in total. The van der Waals surface area contributed by atoms with Gasteiger partial charge in [-0.15, -0.1) is 0 Å². The Labute approximate surface area is 148 Å². The van der Waals surface area contributed by atoms with Gasteiger partial charge < -0.3 is 9.72 Å². The first-order chi connectivity index (χ1) is 12.1. The third-order valence-electron chi connectivity index (χ3n) is 5.79.